The number of hydrogen-bond acceptors (Lipinski definition) is 3. The van der Waals surface area contributed by atoms with Crippen LogP contribution in [0.25, 0.3) is 0 Å². The SMILES string of the molecule is CCC=COc1cc(OCCCCCCCC)ccc1C(=O)O. The molecule has 0 saturated heterocycles. The standard InChI is InChI=1S/C19H28O4/c1-3-5-7-8-9-10-14-22-16-11-12-17(19(20)21)18(15-16)23-13-6-4-2/h6,11-13,15H,3-5,7-10,14H2,1-2H3,(H,20,21). The van der Waals surface area contributed by atoms with Crippen molar-refractivity contribution in [1.82, 2.24) is 0 Å². The van der Waals surface area contributed by atoms with Gasteiger partial charge in [-0.05, 0) is 31.1 Å². The van der Waals surface area contributed by atoms with Crippen molar-refractivity contribution in [3.8, 4) is 11.5 Å². The minimum absolute atomic E-state index is 0.137. The molecule has 1 rings (SSSR count). The Morgan fingerprint density at radius 2 is 1.87 bits per heavy atom. The third-order valence-corrected chi connectivity index (χ3v) is 3.48. The molecule has 0 aromatic heterocycles. The first-order chi connectivity index (χ1) is 11.2. The summed E-state index contributed by atoms with van der Waals surface area (Å²) in [6.07, 6.45) is 11.4. The normalized spacial score (nSPS) is 10.9. The van der Waals surface area contributed by atoms with Gasteiger partial charge in [0, 0.05) is 6.07 Å². The Kier molecular flexibility index (Phi) is 9.60. The predicted octanol–water partition coefficient (Wildman–Crippen LogP) is 5.43. The lowest BCUT2D eigenvalue weighted by Gasteiger charge is -2.10. The molecule has 0 amide bonds. The summed E-state index contributed by atoms with van der Waals surface area (Å²) >= 11 is 0. The third kappa shape index (κ3) is 7.73. The first-order valence-electron chi connectivity index (χ1n) is 8.50. The minimum Gasteiger partial charge on any atom is -0.493 e. The van der Waals surface area contributed by atoms with E-state index in [2.05, 4.69) is 6.92 Å². The zero-order valence-corrected chi connectivity index (χ0v) is 14.2. The van der Waals surface area contributed by atoms with Gasteiger partial charge in [0.1, 0.15) is 17.1 Å². The van der Waals surface area contributed by atoms with Crippen LogP contribution in [0.15, 0.2) is 30.5 Å². The van der Waals surface area contributed by atoms with Gasteiger partial charge in [-0.25, -0.2) is 4.79 Å². The molecule has 1 N–H and O–H groups in total. The molecule has 4 heteroatoms. The molecule has 0 saturated carbocycles. The Hall–Kier alpha value is -1.97. The molecule has 4 nitrogen and oxygen atoms in total. The summed E-state index contributed by atoms with van der Waals surface area (Å²) in [6.45, 7) is 4.83. The number of allylic oxidation sites excluding steroid dienone is 1. The number of carboxylic acid groups (broad SMARTS) is 1. The van der Waals surface area contributed by atoms with E-state index in [1.165, 1.54) is 38.0 Å². The van der Waals surface area contributed by atoms with Crippen LogP contribution >= 0.6 is 0 Å². The molecule has 0 unspecified atom stereocenters. The van der Waals surface area contributed by atoms with Crippen molar-refractivity contribution in [3.63, 3.8) is 0 Å². The van der Waals surface area contributed by atoms with Crippen molar-refractivity contribution in [2.24, 2.45) is 0 Å². The van der Waals surface area contributed by atoms with E-state index in [1.807, 2.05) is 13.0 Å². The molecular formula is C19H28O4. The maximum Gasteiger partial charge on any atom is 0.339 e. The predicted molar refractivity (Wildman–Crippen MR) is 92.3 cm³/mol. The lowest BCUT2D eigenvalue weighted by atomic mass is 10.1. The molecule has 0 fully saturated rings. The molecule has 128 valence electrons. The number of benzene rings is 1. The number of hydrogen-bond donors (Lipinski definition) is 1. The molecule has 0 radical (unpaired) electrons. The average molecular weight is 320 g/mol. The van der Waals surface area contributed by atoms with Gasteiger partial charge in [0.2, 0.25) is 0 Å². The van der Waals surface area contributed by atoms with Crippen LogP contribution in [0, 0.1) is 0 Å². The fourth-order valence-corrected chi connectivity index (χ4v) is 2.16. The fraction of sp³-hybridized carbons (Fsp3) is 0.526. The number of unbranched alkanes of at least 4 members (excludes halogenated alkanes) is 5. The average Bonchev–Trinajstić information content (AvgIpc) is 2.54. The second kappa shape index (κ2) is 11.6. The molecule has 0 aliphatic heterocycles. The Bertz CT molecular complexity index is 494. The van der Waals surface area contributed by atoms with Crippen molar-refractivity contribution in [2.45, 2.75) is 58.8 Å². The summed E-state index contributed by atoms with van der Waals surface area (Å²) in [5.41, 5.74) is 0.137. The maximum absolute atomic E-state index is 11.2. The summed E-state index contributed by atoms with van der Waals surface area (Å²) in [7, 11) is 0. The summed E-state index contributed by atoms with van der Waals surface area (Å²) < 4.78 is 11.1. The lowest BCUT2D eigenvalue weighted by molar-refractivity contribution is 0.0694. The van der Waals surface area contributed by atoms with E-state index in [4.69, 9.17) is 9.47 Å². The number of aromatic carboxylic acids is 1. The molecule has 0 aliphatic carbocycles. The van der Waals surface area contributed by atoms with Gasteiger partial charge in [-0.1, -0.05) is 46.0 Å². The van der Waals surface area contributed by atoms with E-state index in [9.17, 15) is 9.90 Å². The summed E-state index contributed by atoms with van der Waals surface area (Å²) in [5.74, 6) is -0.0570. The molecule has 0 aliphatic rings. The van der Waals surface area contributed by atoms with Gasteiger partial charge < -0.3 is 14.6 Å². The van der Waals surface area contributed by atoms with Gasteiger partial charge >= 0.3 is 5.97 Å². The molecule has 0 bridgehead atoms. The second-order valence-corrected chi connectivity index (χ2v) is 5.48. The van der Waals surface area contributed by atoms with Crippen LogP contribution in [-0.4, -0.2) is 17.7 Å². The third-order valence-electron chi connectivity index (χ3n) is 3.48. The van der Waals surface area contributed by atoms with Gasteiger partial charge in [0.25, 0.3) is 0 Å². The van der Waals surface area contributed by atoms with Crippen LogP contribution in [0.5, 0.6) is 11.5 Å². The first-order valence-corrected chi connectivity index (χ1v) is 8.50. The van der Waals surface area contributed by atoms with Gasteiger partial charge in [-0.3, -0.25) is 0 Å². The lowest BCUT2D eigenvalue weighted by Crippen LogP contribution is -2.02. The van der Waals surface area contributed by atoms with E-state index >= 15 is 0 Å². The van der Waals surface area contributed by atoms with Crippen molar-refractivity contribution in [1.29, 1.82) is 0 Å². The Morgan fingerprint density at radius 3 is 2.57 bits per heavy atom. The van der Waals surface area contributed by atoms with Crippen LogP contribution in [0.2, 0.25) is 0 Å². The van der Waals surface area contributed by atoms with Crippen LogP contribution in [0.1, 0.15) is 69.2 Å². The van der Waals surface area contributed by atoms with E-state index in [1.54, 1.807) is 12.1 Å². The number of rotatable bonds is 12. The molecular weight excluding hydrogens is 292 g/mol. The molecule has 0 heterocycles. The zero-order valence-electron chi connectivity index (χ0n) is 14.2. The van der Waals surface area contributed by atoms with E-state index in [-0.39, 0.29) is 5.56 Å². The van der Waals surface area contributed by atoms with Gasteiger partial charge in [-0.15, -0.1) is 0 Å². The first kappa shape index (κ1) is 19.1. The number of carbonyl (C=O) groups is 1. The summed E-state index contributed by atoms with van der Waals surface area (Å²) in [6, 6.07) is 4.84. The highest BCUT2D eigenvalue weighted by atomic mass is 16.5. The zero-order chi connectivity index (χ0) is 16.9. The Morgan fingerprint density at radius 1 is 1.13 bits per heavy atom. The summed E-state index contributed by atoms with van der Waals surface area (Å²) in [5, 5.41) is 9.19. The highest BCUT2D eigenvalue weighted by molar-refractivity contribution is 5.91. The fourth-order valence-electron chi connectivity index (χ4n) is 2.16. The topological polar surface area (TPSA) is 55.8 Å². The van der Waals surface area contributed by atoms with Crippen LogP contribution in [-0.2, 0) is 0 Å². The van der Waals surface area contributed by atoms with Crippen LogP contribution in [0.4, 0.5) is 0 Å². The van der Waals surface area contributed by atoms with Gasteiger partial charge in [0.15, 0.2) is 0 Å². The Labute approximate surface area is 139 Å². The maximum atomic E-state index is 11.2. The summed E-state index contributed by atoms with van der Waals surface area (Å²) in [4.78, 5) is 11.2. The van der Waals surface area contributed by atoms with Crippen molar-refractivity contribution >= 4 is 5.97 Å². The van der Waals surface area contributed by atoms with Crippen molar-refractivity contribution < 1.29 is 19.4 Å². The van der Waals surface area contributed by atoms with E-state index in [0.29, 0.717) is 18.1 Å². The number of carboxylic acids is 1. The van der Waals surface area contributed by atoms with E-state index < -0.39 is 5.97 Å². The van der Waals surface area contributed by atoms with Crippen LogP contribution in [0.3, 0.4) is 0 Å². The van der Waals surface area contributed by atoms with Crippen LogP contribution < -0.4 is 9.47 Å². The van der Waals surface area contributed by atoms with Gasteiger partial charge in [-0.2, -0.15) is 0 Å². The molecule has 1 aromatic carbocycles. The smallest absolute Gasteiger partial charge is 0.339 e. The number of ether oxygens (including phenoxy) is 2. The highest BCUT2D eigenvalue weighted by Gasteiger charge is 2.12. The largest absolute Gasteiger partial charge is 0.493 e. The second-order valence-electron chi connectivity index (χ2n) is 5.48. The highest BCUT2D eigenvalue weighted by Crippen LogP contribution is 2.25. The van der Waals surface area contributed by atoms with Crippen molar-refractivity contribution in [3.05, 3.63) is 36.1 Å². The van der Waals surface area contributed by atoms with E-state index in [0.717, 1.165) is 19.3 Å². The molecule has 1 aromatic rings. The molecule has 0 spiro atoms. The Balaban J connectivity index is 2.50. The quantitative estimate of drug-likeness (QED) is 0.412. The van der Waals surface area contributed by atoms with Crippen molar-refractivity contribution in [2.75, 3.05) is 6.61 Å². The minimum atomic E-state index is -1.01. The van der Waals surface area contributed by atoms with Gasteiger partial charge in [0.05, 0.1) is 12.9 Å². The molecule has 0 atom stereocenters. The molecule has 23 heavy (non-hydrogen) atoms. The monoisotopic (exact) mass is 320 g/mol.